The van der Waals surface area contributed by atoms with Crippen LogP contribution < -0.4 is 9.47 Å². The van der Waals surface area contributed by atoms with Crippen LogP contribution in [0.25, 0.3) is 65.6 Å². The molecule has 3 nitrogen and oxygen atoms in total. The molecule has 0 atom stereocenters. The first-order valence-electron chi connectivity index (χ1n) is 15.4. The fourth-order valence-corrected chi connectivity index (χ4v) is 7.07. The van der Waals surface area contributed by atoms with Crippen LogP contribution in [-0.2, 0) is 0 Å². The normalized spacial score (nSPS) is 13.2. The minimum Gasteiger partial charge on any atom is -0.493 e. The van der Waals surface area contributed by atoms with Crippen molar-refractivity contribution < 1.29 is 9.47 Å². The van der Waals surface area contributed by atoms with E-state index < -0.39 is 0 Å². The zero-order chi connectivity index (χ0) is 29.9. The highest BCUT2D eigenvalue weighted by Gasteiger charge is 2.30. The average molecular weight is 556 g/mol. The van der Waals surface area contributed by atoms with Crippen molar-refractivity contribution in [2.45, 2.75) is 53.9 Å². The van der Waals surface area contributed by atoms with Crippen molar-refractivity contribution in [1.82, 2.24) is 4.90 Å². The molecule has 5 aromatic rings. The van der Waals surface area contributed by atoms with Crippen LogP contribution in [-0.4, -0.2) is 24.7 Å². The molecule has 0 amide bonds. The number of rotatable bonds is 10. The molecule has 0 spiro atoms. The maximum Gasteiger partial charge on any atom is 0.128 e. The molecule has 0 bridgehead atoms. The highest BCUT2D eigenvalue weighted by Crippen LogP contribution is 2.54. The standard InChI is InChI=1S/C39H41NO2/c1-10-15-23(7)31-21-33(42-14-5)38-29-19-17-27-25(9)40(12-3)24(8)26-16-18-28(35(29)34(26)27)37-32(41-13-4)20-30(22(6)11-2)36(31)39(37)38/h16-21H,6-15H2,1-5H3. The maximum atomic E-state index is 6.50. The van der Waals surface area contributed by atoms with Crippen molar-refractivity contribution in [3.63, 3.8) is 0 Å². The molecule has 0 saturated heterocycles. The summed E-state index contributed by atoms with van der Waals surface area (Å²) in [5, 5.41) is 9.36. The van der Waals surface area contributed by atoms with Gasteiger partial charge in [-0.2, -0.15) is 0 Å². The van der Waals surface area contributed by atoms with Gasteiger partial charge in [0.2, 0.25) is 0 Å². The van der Waals surface area contributed by atoms with E-state index in [0.29, 0.717) is 13.2 Å². The van der Waals surface area contributed by atoms with Gasteiger partial charge in [0.25, 0.3) is 0 Å². The van der Waals surface area contributed by atoms with Gasteiger partial charge in [0, 0.05) is 50.6 Å². The summed E-state index contributed by atoms with van der Waals surface area (Å²) >= 11 is 0. The van der Waals surface area contributed by atoms with E-state index in [-0.39, 0.29) is 0 Å². The summed E-state index contributed by atoms with van der Waals surface area (Å²) in [5.41, 5.74) is 8.77. The lowest BCUT2D eigenvalue weighted by Gasteiger charge is -2.35. The first-order chi connectivity index (χ1) is 20.3. The van der Waals surface area contributed by atoms with Gasteiger partial charge in [-0.1, -0.05) is 70.8 Å². The molecule has 1 aliphatic rings. The lowest BCUT2D eigenvalue weighted by atomic mass is 9.80. The molecule has 42 heavy (non-hydrogen) atoms. The molecule has 3 heteroatoms. The lowest BCUT2D eigenvalue weighted by Crippen LogP contribution is -2.23. The fourth-order valence-electron chi connectivity index (χ4n) is 7.07. The van der Waals surface area contributed by atoms with Crippen molar-refractivity contribution in [1.29, 1.82) is 0 Å². The summed E-state index contributed by atoms with van der Waals surface area (Å²) in [5.74, 6) is 1.77. The monoisotopic (exact) mass is 555 g/mol. The second-order valence-electron chi connectivity index (χ2n) is 11.2. The highest BCUT2D eigenvalue weighted by molar-refractivity contribution is 6.38. The quantitative estimate of drug-likeness (QED) is 0.126. The summed E-state index contributed by atoms with van der Waals surface area (Å²) < 4.78 is 13.0. The Morgan fingerprint density at radius 3 is 1.62 bits per heavy atom. The Kier molecular flexibility index (Phi) is 7.01. The number of benzene rings is 5. The van der Waals surface area contributed by atoms with E-state index >= 15 is 0 Å². The Morgan fingerprint density at radius 2 is 1.17 bits per heavy atom. The van der Waals surface area contributed by atoms with Crippen molar-refractivity contribution in [2.75, 3.05) is 19.8 Å². The van der Waals surface area contributed by atoms with Crippen LogP contribution in [0.2, 0.25) is 0 Å². The summed E-state index contributed by atoms with van der Waals surface area (Å²) in [6.45, 7) is 30.7. The van der Waals surface area contributed by atoms with E-state index in [9.17, 15) is 0 Å². The van der Waals surface area contributed by atoms with Crippen LogP contribution in [0, 0.1) is 0 Å². The topological polar surface area (TPSA) is 21.7 Å². The number of allylic oxidation sites excluding steroid dienone is 2. The third-order valence-electron chi connectivity index (χ3n) is 8.96. The Balaban J connectivity index is 1.94. The molecule has 0 aromatic heterocycles. The Hall–Kier alpha value is -4.24. The molecule has 1 heterocycles. The molecule has 1 aliphatic heterocycles. The van der Waals surface area contributed by atoms with E-state index in [0.717, 1.165) is 92.9 Å². The van der Waals surface area contributed by atoms with Gasteiger partial charge in [-0.25, -0.2) is 0 Å². The molecule has 0 radical (unpaired) electrons. The van der Waals surface area contributed by atoms with Crippen LogP contribution in [0.3, 0.4) is 0 Å². The van der Waals surface area contributed by atoms with Gasteiger partial charge < -0.3 is 14.4 Å². The van der Waals surface area contributed by atoms with Crippen molar-refractivity contribution in [3.8, 4) is 11.5 Å². The average Bonchev–Trinajstić information content (AvgIpc) is 2.99. The number of fused-ring (bicyclic) bond motifs is 2. The molecule has 5 aromatic carbocycles. The number of hydrogen-bond acceptors (Lipinski definition) is 3. The smallest absolute Gasteiger partial charge is 0.128 e. The summed E-state index contributed by atoms with van der Waals surface area (Å²) in [6.07, 6.45) is 2.78. The first-order valence-corrected chi connectivity index (χ1v) is 15.4. The maximum absolute atomic E-state index is 6.50. The third-order valence-corrected chi connectivity index (χ3v) is 8.96. The summed E-state index contributed by atoms with van der Waals surface area (Å²) in [7, 11) is 0. The first kappa shape index (κ1) is 27.9. The van der Waals surface area contributed by atoms with Crippen molar-refractivity contribution in [3.05, 3.63) is 85.0 Å². The van der Waals surface area contributed by atoms with E-state index in [1.165, 1.54) is 32.3 Å². The van der Waals surface area contributed by atoms with Gasteiger partial charge in [0.05, 0.1) is 13.2 Å². The minimum atomic E-state index is 0.569. The van der Waals surface area contributed by atoms with E-state index in [4.69, 9.17) is 9.47 Å². The van der Waals surface area contributed by atoms with E-state index in [1.54, 1.807) is 0 Å². The minimum absolute atomic E-state index is 0.569. The van der Waals surface area contributed by atoms with Crippen LogP contribution in [0.5, 0.6) is 11.5 Å². The molecule has 0 N–H and O–H groups in total. The molecule has 214 valence electrons. The largest absolute Gasteiger partial charge is 0.493 e. The number of ether oxygens (including phenoxy) is 2. The van der Waals surface area contributed by atoms with Gasteiger partial charge in [-0.05, 0) is 89.6 Å². The van der Waals surface area contributed by atoms with Gasteiger partial charge >= 0.3 is 0 Å². The number of hydrogen-bond donors (Lipinski definition) is 0. The molecular weight excluding hydrogens is 514 g/mol. The summed E-state index contributed by atoms with van der Waals surface area (Å²) in [6, 6.07) is 13.4. The molecular formula is C39H41NO2. The van der Waals surface area contributed by atoms with Crippen LogP contribution in [0.15, 0.2) is 62.7 Å². The zero-order valence-corrected chi connectivity index (χ0v) is 25.8. The van der Waals surface area contributed by atoms with E-state index in [1.807, 2.05) is 0 Å². The molecule has 0 saturated carbocycles. The van der Waals surface area contributed by atoms with Gasteiger partial charge in [-0.3, -0.25) is 0 Å². The predicted molar refractivity (Wildman–Crippen MR) is 184 cm³/mol. The highest BCUT2D eigenvalue weighted by atomic mass is 16.5. The number of nitrogens with zero attached hydrogens (tertiary/aromatic N) is 1. The Bertz CT molecular complexity index is 1890. The molecule has 0 unspecified atom stereocenters. The SMILES string of the molecule is C=C(CC)c1cc(OCC)c2c3ccc4c5c(ccc(c6c(OCC)cc(C(=C)CCC)c1c26)c53)C(=C)N(CC)C4=C. The van der Waals surface area contributed by atoms with Crippen molar-refractivity contribution in [2.24, 2.45) is 0 Å². The van der Waals surface area contributed by atoms with Gasteiger partial charge in [0.1, 0.15) is 11.5 Å². The second-order valence-corrected chi connectivity index (χ2v) is 11.2. The fraction of sp³-hybridized carbons (Fsp3) is 0.282. The van der Waals surface area contributed by atoms with E-state index in [2.05, 4.69) is 102 Å². The van der Waals surface area contributed by atoms with Crippen LogP contribution >= 0.6 is 0 Å². The van der Waals surface area contributed by atoms with Crippen LogP contribution in [0.1, 0.15) is 76.1 Å². The molecule has 6 rings (SSSR count). The van der Waals surface area contributed by atoms with Gasteiger partial charge in [-0.15, -0.1) is 0 Å². The second kappa shape index (κ2) is 10.5. The molecule has 0 fully saturated rings. The zero-order valence-electron chi connectivity index (χ0n) is 25.8. The van der Waals surface area contributed by atoms with Gasteiger partial charge in [0.15, 0.2) is 0 Å². The summed E-state index contributed by atoms with van der Waals surface area (Å²) in [4.78, 5) is 2.21. The third kappa shape index (κ3) is 3.79. The Morgan fingerprint density at radius 1 is 0.643 bits per heavy atom. The van der Waals surface area contributed by atoms with Crippen molar-refractivity contribution >= 4 is 65.6 Å². The molecule has 0 aliphatic carbocycles. The lowest BCUT2D eigenvalue weighted by molar-refractivity contribution is 0.344. The Labute approximate surface area is 249 Å². The predicted octanol–water partition coefficient (Wildman–Crippen LogP) is 11.0. The van der Waals surface area contributed by atoms with Crippen LogP contribution in [0.4, 0.5) is 0 Å².